The number of benzene rings is 1. The van der Waals surface area contributed by atoms with Gasteiger partial charge in [-0.1, -0.05) is 84.2 Å². The van der Waals surface area contributed by atoms with Crippen LogP contribution in [0.15, 0.2) is 30.8 Å². The number of carbonyl (C=O) groups is 3. The van der Waals surface area contributed by atoms with Gasteiger partial charge in [0.25, 0.3) is 0 Å². The minimum atomic E-state index is -0.849. The van der Waals surface area contributed by atoms with Gasteiger partial charge >= 0.3 is 6.09 Å². The van der Waals surface area contributed by atoms with Crippen LogP contribution in [0.2, 0.25) is 0 Å². The van der Waals surface area contributed by atoms with Crippen molar-refractivity contribution in [3.63, 3.8) is 0 Å². The van der Waals surface area contributed by atoms with Crippen LogP contribution in [-0.4, -0.2) is 46.5 Å². The molecule has 7 nitrogen and oxygen atoms in total. The Morgan fingerprint density at radius 3 is 2.29 bits per heavy atom. The Morgan fingerprint density at radius 2 is 1.73 bits per heavy atom. The van der Waals surface area contributed by atoms with Crippen molar-refractivity contribution in [1.82, 2.24) is 15.5 Å². The average Bonchev–Trinajstić information content (AvgIpc) is 2.92. The van der Waals surface area contributed by atoms with Gasteiger partial charge in [-0.2, -0.15) is 0 Å². The molecule has 2 rings (SSSR count). The van der Waals surface area contributed by atoms with Crippen molar-refractivity contribution in [2.24, 2.45) is 11.8 Å². The monoisotopic (exact) mass is 569 g/mol. The quantitative estimate of drug-likeness (QED) is 0.259. The van der Waals surface area contributed by atoms with Crippen molar-refractivity contribution in [3.8, 4) is 0 Å². The zero-order valence-electron chi connectivity index (χ0n) is 26.8. The van der Waals surface area contributed by atoms with E-state index in [0.29, 0.717) is 12.3 Å². The van der Waals surface area contributed by atoms with Gasteiger partial charge in [0.1, 0.15) is 17.7 Å². The molecule has 1 saturated carbocycles. The van der Waals surface area contributed by atoms with Crippen LogP contribution in [0.1, 0.15) is 124 Å². The molecule has 230 valence electrons. The minimum absolute atomic E-state index is 0.0921. The second-order valence-electron chi connectivity index (χ2n) is 13.2. The summed E-state index contributed by atoms with van der Waals surface area (Å²) in [6.07, 6.45) is 8.67. The van der Waals surface area contributed by atoms with Gasteiger partial charge in [0.05, 0.1) is 0 Å². The Morgan fingerprint density at radius 1 is 1.07 bits per heavy atom. The molecule has 4 atom stereocenters. The molecule has 41 heavy (non-hydrogen) atoms. The Bertz CT molecular complexity index is 1010. The molecule has 1 aromatic rings. The second-order valence-corrected chi connectivity index (χ2v) is 13.2. The van der Waals surface area contributed by atoms with E-state index < -0.39 is 23.8 Å². The van der Waals surface area contributed by atoms with Crippen LogP contribution < -0.4 is 10.6 Å². The fourth-order valence-corrected chi connectivity index (χ4v) is 5.41. The third-order valence-electron chi connectivity index (χ3n) is 7.98. The van der Waals surface area contributed by atoms with E-state index in [1.807, 2.05) is 45.0 Å². The van der Waals surface area contributed by atoms with E-state index in [4.69, 9.17) is 4.74 Å². The van der Waals surface area contributed by atoms with Gasteiger partial charge in [-0.05, 0) is 82.4 Å². The third-order valence-corrected chi connectivity index (χ3v) is 7.98. The SMILES string of the molecule is C=Cc1cccc(C(C(=O)NC2CCCCC2)N(C(=O)C(NC(=O)OC(C)(C)C)C(C)CC)C(C)CCC(C)C)c1. The normalized spacial score (nSPS) is 17.2. The summed E-state index contributed by atoms with van der Waals surface area (Å²) in [6, 6.07) is 5.84. The van der Waals surface area contributed by atoms with E-state index in [9.17, 15) is 14.4 Å². The van der Waals surface area contributed by atoms with Crippen molar-refractivity contribution >= 4 is 24.0 Å². The van der Waals surface area contributed by atoms with Crippen LogP contribution in [0.5, 0.6) is 0 Å². The minimum Gasteiger partial charge on any atom is -0.444 e. The molecule has 1 aliphatic carbocycles. The van der Waals surface area contributed by atoms with Gasteiger partial charge in [-0.15, -0.1) is 0 Å². The Labute approximate surface area is 248 Å². The molecule has 0 heterocycles. The number of ether oxygens (including phenoxy) is 1. The number of nitrogens with zero attached hydrogens (tertiary/aromatic N) is 1. The lowest BCUT2D eigenvalue weighted by molar-refractivity contribution is -0.146. The number of nitrogens with one attached hydrogen (secondary N) is 2. The maximum absolute atomic E-state index is 14.7. The molecule has 1 aliphatic rings. The number of hydrogen-bond donors (Lipinski definition) is 2. The van der Waals surface area contributed by atoms with Crippen LogP contribution in [0.25, 0.3) is 6.08 Å². The predicted octanol–water partition coefficient (Wildman–Crippen LogP) is 7.41. The van der Waals surface area contributed by atoms with Crippen LogP contribution in [-0.2, 0) is 14.3 Å². The topological polar surface area (TPSA) is 87.7 Å². The Hall–Kier alpha value is -2.83. The summed E-state index contributed by atoms with van der Waals surface area (Å²) in [7, 11) is 0. The first-order valence-corrected chi connectivity index (χ1v) is 15.6. The molecule has 1 aromatic carbocycles. The maximum Gasteiger partial charge on any atom is 0.408 e. The summed E-state index contributed by atoms with van der Waals surface area (Å²) in [5.74, 6) is -0.174. The first-order chi connectivity index (χ1) is 19.3. The van der Waals surface area contributed by atoms with Crippen LogP contribution >= 0.6 is 0 Å². The molecule has 4 unspecified atom stereocenters. The van der Waals surface area contributed by atoms with Gasteiger partial charge in [0.15, 0.2) is 0 Å². The first-order valence-electron chi connectivity index (χ1n) is 15.6. The fraction of sp³-hybridized carbons (Fsp3) is 0.676. The third kappa shape index (κ3) is 10.8. The predicted molar refractivity (Wildman–Crippen MR) is 167 cm³/mol. The summed E-state index contributed by atoms with van der Waals surface area (Å²) in [4.78, 5) is 43.5. The highest BCUT2D eigenvalue weighted by Crippen LogP contribution is 2.30. The van der Waals surface area contributed by atoms with E-state index >= 15 is 0 Å². The molecular formula is C34H55N3O4. The molecule has 0 aliphatic heterocycles. The van der Waals surface area contributed by atoms with Crippen molar-refractivity contribution in [2.45, 2.75) is 137 Å². The lowest BCUT2D eigenvalue weighted by Gasteiger charge is -2.40. The molecule has 0 spiro atoms. The summed E-state index contributed by atoms with van der Waals surface area (Å²) in [5.41, 5.74) is 0.913. The highest BCUT2D eigenvalue weighted by Gasteiger charge is 2.41. The van der Waals surface area contributed by atoms with Crippen LogP contribution in [0.4, 0.5) is 4.79 Å². The zero-order chi connectivity index (χ0) is 30.7. The van der Waals surface area contributed by atoms with E-state index in [1.54, 1.807) is 31.7 Å². The summed E-state index contributed by atoms with van der Waals surface area (Å²) in [6.45, 7) is 19.6. The van der Waals surface area contributed by atoms with Crippen molar-refractivity contribution in [1.29, 1.82) is 0 Å². The lowest BCUT2D eigenvalue weighted by atomic mass is 9.91. The maximum atomic E-state index is 14.7. The lowest BCUT2D eigenvalue weighted by Crippen LogP contribution is -2.58. The summed E-state index contributed by atoms with van der Waals surface area (Å²) < 4.78 is 5.54. The first kappa shape index (κ1) is 34.4. The van der Waals surface area contributed by atoms with Gasteiger partial charge < -0.3 is 20.3 Å². The van der Waals surface area contributed by atoms with Crippen LogP contribution in [0, 0.1) is 11.8 Å². The Kier molecular flexibility index (Phi) is 13.4. The highest BCUT2D eigenvalue weighted by molar-refractivity contribution is 5.92. The van der Waals surface area contributed by atoms with Gasteiger partial charge in [0.2, 0.25) is 11.8 Å². The molecule has 2 N–H and O–H groups in total. The van der Waals surface area contributed by atoms with Gasteiger partial charge in [0, 0.05) is 12.1 Å². The number of alkyl carbamates (subject to hydrolysis) is 1. The molecular weight excluding hydrogens is 514 g/mol. The van der Waals surface area contributed by atoms with E-state index in [1.165, 1.54) is 6.42 Å². The van der Waals surface area contributed by atoms with E-state index in [-0.39, 0.29) is 29.8 Å². The molecule has 7 heteroatoms. The number of carbonyl (C=O) groups excluding carboxylic acids is 3. The second kappa shape index (κ2) is 16.0. The van der Waals surface area contributed by atoms with E-state index in [2.05, 4.69) is 31.1 Å². The standard InChI is InChI=1S/C34H55N3O4/c1-10-24(5)29(36-33(40)41-34(7,8)9)32(39)37(25(6)21-20-23(3)4)30(27-17-15-16-26(11-2)22-27)31(38)35-28-18-13-12-14-19-28/h11,15-17,22-25,28-30H,2,10,12-14,18-21H2,1,3-9H3,(H,35,38)(H,36,40). The summed E-state index contributed by atoms with van der Waals surface area (Å²) >= 11 is 0. The summed E-state index contributed by atoms with van der Waals surface area (Å²) in [5, 5.41) is 6.17. The molecule has 0 saturated heterocycles. The van der Waals surface area contributed by atoms with E-state index in [0.717, 1.165) is 49.7 Å². The zero-order valence-corrected chi connectivity index (χ0v) is 26.8. The molecule has 3 amide bonds. The van der Waals surface area contributed by atoms with Crippen molar-refractivity contribution in [3.05, 3.63) is 42.0 Å². The highest BCUT2D eigenvalue weighted by atomic mass is 16.6. The number of rotatable bonds is 13. The molecule has 1 fully saturated rings. The van der Waals surface area contributed by atoms with Crippen LogP contribution in [0.3, 0.4) is 0 Å². The fourth-order valence-electron chi connectivity index (χ4n) is 5.41. The largest absolute Gasteiger partial charge is 0.444 e. The molecule has 0 radical (unpaired) electrons. The van der Waals surface area contributed by atoms with Crippen molar-refractivity contribution < 1.29 is 19.1 Å². The Balaban J connectivity index is 2.61. The average molecular weight is 570 g/mol. The van der Waals surface area contributed by atoms with Crippen molar-refractivity contribution in [2.75, 3.05) is 0 Å². The smallest absolute Gasteiger partial charge is 0.408 e. The molecule has 0 bridgehead atoms. The van der Waals surface area contributed by atoms with Gasteiger partial charge in [-0.25, -0.2) is 4.79 Å². The molecule has 0 aromatic heterocycles. The van der Waals surface area contributed by atoms with Gasteiger partial charge in [-0.3, -0.25) is 9.59 Å². The number of amides is 3. The number of hydrogen-bond acceptors (Lipinski definition) is 4.